The Bertz CT molecular complexity index is 656. The first-order valence-electron chi connectivity index (χ1n) is 6.67. The second-order valence-corrected chi connectivity index (χ2v) is 8.90. The van der Waals surface area contributed by atoms with Gasteiger partial charge in [-0.2, -0.15) is 0 Å². The molecule has 1 aliphatic rings. The number of benzene rings is 1. The molecular weight excluding hydrogens is 365 g/mol. The smallest absolute Gasteiger partial charge is 0.0991 e. The molecule has 1 aromatic carbocycles. The van der Waals surface area contributed by atoms with Crippen molar-refractivity contribution in [3.8, 4) is 0 Å². The first kappa shape index (κ1) is 16.0. The van der Waals surface area contributed by atoms with Crippen LogP contribution in [0.5, 0.6) is 0 Å². The fourth-order valence-corrected chi connectivity index (χ4v) is 5.51. The zero-order valence-electron chi connectivity index (χ0n) is 11.3. The predicted octanol–water partition coefficient (Wildman–Crippen LogP) is 6.60. The number of thioether (sulfide) groups is 1. The van der Waals surface area contributed by atoms with Crippen molar-refractivity contribution in [3.05, 3.63) is 49.1 Å². The molecule has 0 amide bonds. The van der Waals surface area contributed by atoms with Crippen molar-refractivity contribution in [2.24, 2.45) is 0 Å². The van der Waals surface area contributed by atoms with Crippen LogP contribution < -0.4 is 5.32 Å². The fourth-order valence-electron chi connectivity index (χ4n) is 2.58. The quantitative estimate of drug-likeness (QED) is 0.646. The normalized spacial score (nSPS) is 19.3. The third kappa shape index (κ3) is 3.54. The van der Waals surface area contributed by atoms with Gasteiger partial charge in [-0.3, -0.25) is 0 Å². The Kier molecular flexibility index (Phi) is 5.09. The molecule has 0 saturated carbocycles. The van der Waals surface area contributed by atoms with E-state index in [1.165, 1.54) is 21.8 Å². The van der Waals surface area contributed by atoms with Gasteiger partial charge in [-0.15, -0.1) is 23.1 Å². The van der Waals surface area contributed by atoms with Crippen molar-refractivity contribution in [3.63, 3.8) is 0 Å². The van der Waals surface area contributed by atoms with E-state index in [1.54, 1.807) is 0 Å². The Balaban J connectivity index is 1.83. The summed E-state index contributed by atoms with van der Waals surface area (Å²) in [6, 6.07) is 8.52. The lowest BCUT2D eigenvalue weighted by Gasteiger charge is -2.29. The average Bonchev–Trinajstić information content (AvgIpc) is 2.78. The second kappa shape index (κ2) is 6.69. The Morgan fingerprint density at radius 3 is 2.76 bits per heavy atom. The molecule has 0 aliphatic carbocycles. The lowest BCUT2D eigenvalue weighted by molar-refractivity contribution is 0.451. The molecule has 21 heavy (non-hydrogen) atoms. The Hall–Kier alpha value is 0.1000. The van der Waals surface area contributed by atoms with E-state index in [0.29, 0.717) is 6.04 Å². The molecule has 0 bridgehead atoms. The number of hydrogen-bond donors (Lipinski definition) is 1. The minimum atomic E-state index is 0.154. The topological polar surface area (TPSA) is 12.0 Å². The maximum absolute atomic E-state index is 6.25. The highest BCUT2D eigenvalue weighted by molar-refractivity contribution is 7.99. The SMILES string of the molecule is CC(NC1CCSc2ccc(Cl)cc21)c1cc(Cl)sc1Cl. The summed E-state index contributed by atoms with van der Waals surface area (Å²) in [6.07, 6.45) is 1.08. The fraction of sp³-hybridized carbons (Fsp3) is 0.333. The lowest BCUT2D eigenvalue weighted by atomic mass is 10.0. The van der Waals surface area contributed by atoms with Crippen LogP contribution in [0.3, 0.4) is 0 Å². The Morgan fingerprint density at radius 2 is 2.05 bits per heavy atom. The molecule has 1 aromatic heterocycles. The molecule has 2 aromatic rings. The van der Waals surface area contributed by atoms with Crippen molar-refractivity contribution in [2.45, 2.75) is 30.3 Å². The van der Waals surface area contributed by atoms with Crippen molar-refractivity contribution < 1.29 is 0 Å². The minimum absolute atomic E-state index is 0.154. The molecule has 0 saturated heterocycles. The van der Waals surface area contributed by atoms with Crippen LogP contribution in [0.1, 0.15) is 36.6 Å². The van der Waals surface area contributed by atoms with Crippen LogP contribution >= 0.6 is 57.9 Å². The molecular formula is C15H14Cl3NS2. The summed E-state index contributed by atoms with van der Waals surface area (Å²) in [7, 11) is 0. The molecule has 2 unspecified atom stereocenters. The maximum atomic E-state index is 6.25. The largest absolute Gasteiger partial charge is 0.303 e. The van der Waals surface area contributed by atoms with Gasteiger partial charge in [0.05, 0.1) is 8.67 Å². The zero-order chi connectivity index (χ0) is 15.0. The first-order valence-corrected chi connectivity index (χ1v) is 9.61. The molecule has 0 radical (unpaired) electrons. The van der Waals surface area contributed by atoms with E-state index < -0.39 is 0 Å². The average molecular weight is 379 g/mol. The summed E-state index contributed by atoms with van der Waals surface area (Å²) in [4.78, 5) is 1.31. The van der Waals surface area contributed by atoms with E-state index in [2.05, 4.69) is 24.4 Å². The Labute approximate surface area is 148 Å². The molecule has 0 spiro atoms. The van der Waals surface area contributed by atoms with Crippen LogP contribution in [0.4, 0.5) is 0 Å². The van der Waals surface area contributed by atoms with Gasteiger partial charge < -0.3 is 5.32 Å². The first-order chi connectivity index (χ1) is 10.0. The van der Waals surface area contributed by atoms with Gasteiger partial charge in [0, 0.05) is 22.0 Å². The highest BCUT2D eigenvalue weighted by atomic mass is 35.5. The molecule has 2 atom stereocenters. The molecule has 2 heterocycles. The van der Waals surface area contributed by atoms with Gasteiger partial charge in [0.2, 0.25) is 0 Å². The van der Waals surface area contributed by atoms with E-state index in [1.807, 2.05) is 23.9 Å². The summed E-state index contributed by atoms with van der Waals surface area (Å²) in [5, 5.41) is 4.45. The molecule has 6 heteroatoms. The monoisotopic (exact) mass is 377 g/mol. The zero-order valence-corrected chi connectivity index (χ0v) is 15.2. The molecule has 1 N–H and O–H groups in total. The summed E-state index contributed by atoms with van der Waals surface area (Å²) in [6.45, 7) is 2.12. The van der Waals surface area contributed by atoms with Crippen LogP contribution in [0.15, 0.2) is 29.2 Å². The summed E-state index contributed by atoms with van der Waals surface area (Å²) >= 11 is 21.7. The van der Waals surface area contributed by atoms with Crippen LogP contribution in [0.25, 0.3) is 0 Å². The van der Waals surface area contributed by atoms with Crippen molar-refractivity contribution in [1.29, 1.82) is 0 Å². The van der Waals surface area contributed by atoms with E-state index in [4.69, 9.17) is 34.8 Å². The van der Waals surface area contributed by atoms with Crippen molar-refractivity contribution in [1.82, 2.24) is 5.32 Å². The van der Waals surface area contributed by atoms with Gasteiger partial charge in [-0.25, -0.2) is 0 Å². The third-order valence-electron chi connectivity index (χ3n) is 3.61. The minimum Gasteiger partial charge on any atom is -0.303 e. The molecule has 1 aliphatic heterocycles. The Morgan fingerprint density at radius 1 is 1.24 bits per heavy atom. The highest BCUT2D eigenvalue weighted by Gasteiger charge is 2.24. The van der Waals surface area contributed by atoms with Gasteiger partial charge in [-0.05, 0) is 54.5 Å². The van der Waals surface area contributed by atoms with E-state index in [0.717, 1.165) is 31.4 Å². The maximum Gasteiger partial charge on any atom is 0.0991 e. The number of thiophene rings is 1. The van der Waals surface area contributed by atoms with Crippen LogP contribution in [0.2, 0.25) is 13.7 Å². The van der Waals surface area contributed by atoms with E-state index in [-0.39, 0.29) is 6.04 Å². The molecule has 0 fully saturated rings. The highest BCUT2D eigenvalue weighted by Crippen LogP contribution is 2.40. The molecule has 3 rings (SSSR count). The van der Waals surface area contributed by atoms with Gasteiger partial charge in [0.1, 0.15) is 0 Å². The number of rotatable bonds is 3. The molecule has 1 nitrogen and oxygen atoms in total. The number of nitrogens with one attached hydrogen (secondary N) is 1. The van der Waals surface area contributed by atoms with Crippen LogP contribution in [-0.4, -0.2) is 5.75 Å². The van der Waals surface area contributed by atoms with Gasteiger partial charge >= 0.3 is 0 Å². The number of fused-ring (bicyclic) bond motifs is 1. The standard InChI is InChI=1S/C15H14Cl3NS2/c1-8(10-7-14(17)21-15(10)18)19-12-4-5-20-13-3-2-9(16)6-11(12)13/h2-3,6-8,12,19H,4-5H2,1H3. The second-order valence-electron chi connectivity index (χ2n) is 5.04. The van der Waals surface area contributed by atoms with E-state index >= 15 is 0 Å². The van der Waals surface area contributed by atoms with Crippen molar-refractivity contribution >= 4 is 57.9 Å². The lowest BCUT2D eigenvalue weighted by Crippen LogP contribution is -2.27. The van der Waals surface area contributed by atoms with Crippen molar-refractivity contribution in [2.75, 3.05) is 5.75 Å². The summed E-state index contributed by atoms with van der Waals surface area (Å²) in [5.74, 6) is 1.11. The summed E-state index contributed by atoms with van der Waals surface area (Å²) < 4.78 is 1.49. The van der Waals surface area contributed by atoms with Crippen LogP contribution in [0, 0.1) is 0 Å². The summed E-state index contributed by atoms with van der Waals surface area (Å²) in [5.41, 5.74) is 2.34. The van der Waals surface area contributed by atoms with E-state index in [9.17, 15) is 0 Å². The predicted molar refractivity (Wildman–Crippen MR) is 95.4 cm³/mol. The third-order valence-corrected chi connectivity index (χ3v) is 6.49. The van der Waals surface area contributed by atoms with Gasteiger partial charge in [-0.1, -0.05) is 34.8 Å². The van der Waals surface area contributed by atoms with Gasteiger partial charge in [0.25, 0.3) is 0 Å². The van der Waals surface area contributed by atoms with Crippen LogP contribution in [-0.2, 0) is 0 Å². The molecule has 112 valence electrons. The van der Waals surface area contributed by atoms with Gasteiger partial charge in [0.15, 0.2) is 0 Å². The number of hydrogen-bond acceptors (Lipinski definition) is 3. The number of halogens is 3.